The average molecular weight is 277 g/mol. The van der Waals surface area contributed by atoms with Gasteiger partial charge in [-0.1, -0.05) is 89.9 Å². The average Bonchev–Trinajstić information content (AvgIpc) is 2.46. The highest BCUT2D eigenvalue weighted by molar-refractivity contribution is 4.98. The summed E-state index contributed by atoms with van der Waals surface area (Å²) in [4.78, 5) is 0. The van der Waals surface area contributed by atoms with Crippen molar-refractivity contribution < 1.29 is 0 Å². The van der Waals surface area contributed by atoms with Crippen LogP contribution in [0.25, 0.3) is 0 Å². The Kier molecular flexibility index (Phi) is 13.2. The maximum Gasteiger partial charge on any atom is 0.00886 e. The van der Waals surface area contributed by atoms with E-state index in [0.717, 1.165) is 12.8 Å². The molecular weight excluding hydrogens is 240 g/mol. The van der Waals surface area contributed by atoms with Crippen molar-refractivity contribution in [3.63, 3.8) is 0 Å². The molecule has 0 aliphatic heterocycles. The normalized spacial score (nSPS) is 22.4. The summed E-state index contributed by atoms with van der Waals surface area (Å²) in [5.74, 6) is 6.72. The highest BCUT2D eigenvalue weighted by Crippen LogP contribution is 2.14. The first-order valence-electron chi connectivity index (χ1n) is 9.46. The zero-order valence-corrected chi connectivity index (χ0v) is 13.7. The van der Waals surface area contributed by atoms with Crippen molar-refractivity contribution in [2.75, 3.05) is 0 Å². The molecule has 1 aliphatic carbocycles. The van der Waals surface area contributed by atoms with E-state index in [1.165, 1.54) is 103 Å². The Morgan fingerprint density at radius 2 is 0.450 bits per heavy atom. The van der Waals surface area contributed by atoms with Crippen molar-refractivity contribution in [3.8, 4) is 11.8 Å². The van der Waals surface area contributed by atoms with Gasteiger partial charge >= 0.3 is 0 Å². The maximum atomic E-state index is 3.36. The lowest BCUT2D eigenvalue weighted by molar-refractivity contribution is 0.528. The van der Waals surface area contributed by atoms with Gasteiger partial charge in [-0.15, -0.1) is 11.8 Å². The van der Waals surface area contributed by atoms with Crippen molar-refractivity contribution in [1.82, 2.24) is 0 Å². The van der Waals surface area contributed by atoms with Crippen LogP contribution in [-0.4, -0.2) is 0 Å². The fourth-order valence-electron chi connectivity index (χ4n) is 3.08. The highest BCUT2D eigenvalue weighted by Gasteiger charge is 1.95. The molecule has 20 heavy (non-hydrogen) atoms. The lowest BCUT2D eigenvalue weighted by atomic mass is 10.0. The van der Waals surface area contributed by atoms with Crippen LogP contribution >= 0.6 is 0 Å². The quantitative estimate of drug-likeness (QED) is 0.417. The Bertz CT molecular complexity index is 218. The third kappa shape index (κ3) is 12.6. The predicted octanol–water partition coefficient (Wildman–Crippen LogP) is 7.03. The third-order valence-electron chi connectivity index (χ3n) is 4.48. The summed E-state index contributed by atoms with van der Waals surface area (Å²) in [5, 5.41) is 0. The van der Waals surface area contributed by atoms with E-state index in [0.29, 0.717) is 0 Å². The molecule has 1 rings (SSSR count). The van der Waals surface area contributed by atoms with Gasteiger partial charge in [0.25, 0.3) is 0 Å². The van der Waals surface area contributed by atoms with Gasteiger partial charge in [-0.3, -0.25) is 0 Å². The molecule has 0 heteroatoms. The fraction of sp³-hybridized carbons (Fsp3) is 0.900. The summed E-state index contributed by atoms with van der Waals surface area (Å²) >= 11 is 0. The van der Waals surface area contributed by atoms with Crippen molar-refractivity contribution in [2.45, 2.75) is 116 Å². The van der Waals surface area contributed by atoms with Gasteiger partial charge in [-0.25, -0.2) is 0 Å². The van der Waals surface area contributed by atoms with Crippen LogP contribution < -0.4 is 0 Å². The Hall–Kier alpha value is -0.440. The molecule has 116 valence electrons. The molecule has 0 saturated carbocycles. The molecule has 0 radical (unpaired) electrons. The topological polar surface area (TPSA) is 0 Å². The summed E-state index contributed by atoms with van der Waals surface area (Å²) in [6.45, 7) is 0. The Morgan fingerprint density at radius 1 is 0.250 bits per heavy atom. The van der Waals surface area contributed by atoms with Crippen molar-refractivity contribution in [3.05, 3.63) is 0 Å². The van der Waals surface area contributed by atoms with E-state index in [-0.39, 0.29) is 0 Å². The Labute approximate surface area is 128 Å². The van der Waals surface area contributed by atoms with E-state index in [1.54, 1.807) is 0 Å². The van der Waals surface area contributed by atoms with E-state index in [9.17, 15) is 0 Å². The molecule has 0 spiro atoms. The molecule has 0 heterocycles. The number of hydrogen-bond donors (Lipinski definition) is 0. The van der Waals surface area contributed by atoms with Crippen LogP contribution in [0.4, 0.5) is 0 Å². The minimum absolute atomic E-state index is 1.14. The molecule has 0 unspecified atom stereocenters. The summed E-state index contributed by atoms with van der Waals surface area (Å²) in [6, 6.07) is 0. The van der Waals surface area contributed by atoms with E-state index >= 15 is 0 Å². The van der Waals surface area contributed by atoms with Crippen molar-refractivity contribution in [1.29, 1.82) is 0 Å². The van der Waals surface area contributed by atoms with E-state index in [2.05, 4.69) is 11.8 Å². The van der Waals surface area contributed by atoms with Crippen LogP contribution in [0.5, 0.6) is 0 Å². The van der Waals surface area contributed by atoms with Crippen LogP contribution in [0.3, 0.4) is 0 Å². The second-order valence-corrected chi connectivity index (χ2v) is 6.51. The van der Waals surface area contributed by atoms with Crippen LogP contribution in [0.2, 0.25) is 0 Å². The molecule has 0 aromatic rings. The lowest BCUT2D eigenvalue weighted by Gasteiger charge is -2.03. The first-order valence-corrected chi connectivity index (χ1v) is 9.46. The van der Waals surface area contributed by atoms with Gasteiger partial charge in [0.15, 0.2) is 0 Å². The molecule has 1 aliphatic rings. The standard InChI is InChI=1S/C20H36/c1-2-4-6-8-10-12-14-16-18-20-19-17-15-13-11-9-7-5-3-1/h1-18H2. The van der Waals surface area contributed by atoms with Gasteiger partial charge in [0.2, 0.25) is 0 Å². The van der Waals surface area contributed by atoms with E-state index in [1.807, 2.05) is 0 Å². The molecule has 0 aromatic heterocycles. The highest BCUT2D eigenvalue weighted by atomic mass is 14.0. The first-order chi connectivity index (χ1) is 10.0. The van der Waals surface area contributed by atoms with E-state index in [4.69, 9.17) is 0 Å². The van der Waals surface area contributed by atoms with Crippen LogP contribution in [0.1, 0.15) is 116 Å². The van der Waals surface area contributed by atoms with Crippen LogP contribution in [-0.2, 0) is 0 Å². The molecule has 0 saturated heterocycles. The molecule has 0 nitrogen and oxygen atoms in total. The summed E-state index contributed by atoms with van der Waals surface area (Å²) < 4.78 is 0. The lowest BCUT2D eigenvalue weighted by Crippen LogP contribution is -1.84. The van der Waals surface area contributed by atoms with Crippen molar-refractivity contribution in [2.24, 2.45) is 0 Å². The zero-order valence-electron chi connectivity index (χ0n) is 13.7. The molecule has 0 bridgehead atoms. The smallest absolute Gasteiger partial charge is 0.00886 e. The van der Waals surface area contributed by atoms with E-state index < -0.39 is 0 Å². The van der Waals surface area contributed by atoms with Gasteiger partial charge in [0.1, 0.15) is 0 Å². The van der Waals surface area contributed by atoms with Gasteiger partial charge in [0, 0.05) is 12.8 Å². The summed E-state index contributed by atoms with van der Waals surface area (Å²) in [6.07, 6.45) is 25.3. The molecule has 0 aromatic carbocycles. The monoisotopic (exact) mass is 276 g/mol. The van der Waals surface area contributed by atoms with Crippen LogP contribution in [0.15, 0.2) is 0 Å². The largest absolute Gasteiger partial charge is 0.103 e. The van der Waals surface area contributed by atoms with Crippen LogP contribution in [0, 0.1) is 11.8 Å². The molecule has 0 N–H and O–H groups in total. The summed E-state index contributed by atoms with van der Waals surface area (Å²) in [7, 11) is 0. The van der Waals surface area contributed by atoms with Gasteiger partial charge in [0.05, 0.1) is 0 Å². The Morgan fingerprint density at radius 3 is 0.700 bits per heavy atom. The second kappa shape index (κ2) is 15.0. The SMILES string of the molecule is C1#CCCCCCCCCCCCCCCCCCC1. The van der Waals surface area contributed by atoms with Gasteiger partial charge in [-0.2, -0.15) is 0 Å². The number of hydrogen-bond acceptors (Lipinski definition) is 0. The first kappa shape index (κ1) is 17.6. The maximum absolute atomic E-state index is 3.36. The number of rotatable bonds is 0. The minimum Gasteiger partial charge on any atom is -0.103 e. The van der Waals surface area contributed by atoms with Gasteiger partial charge in [-0.05, 0) is 12.8 Å². The minimum atomic E-state index is 1.14. The Balaban J connectivity index is 2.08. The molecule has 0 amide bonds. The third-order valence-corrected chi connectivity index (χ3v) is 4.48. The molecular formula is C20H36. The fourth-order valence-corrected chi connectivity index (χ4v) is 3.08. The zero-order chi connectivity index (χ0) is 14.1. The molecule has 0 fully saturated rings. The predicted molar refractivity (Wildman–Crippen MR) is 90.9 cm³/mol. The molecule has 0 atom stereocenters. The van der Waals surface area contributed by atoms with Crippen molar-refractivity contribution >= 4 is 0 Å². The van der Waals surface area contributed by atoms with Gasteiger partial charge < -0.3 is 0 Å². The summed E-state index contributed by atoms with van der Waals surface area (Å²) in [5.41, 5.74) is 0. The second-order valence-electron chi connectivity index (χ2n) is 6.51.